The quantitative estimate of drug-likeness (QED) is 0.175. The van der Waals surface area contributed by atoms with E-state index in [0.29, 0.717) is 32.8 Å². The molecule has 0 unspecified atom stereocenters. The Morgan fingerprint density at radius 2 is 1.14 bits per heavy atom. The van der Waals surface area contributed by atoms with Crippen molar-refractivity contribution in [3.05, 3.63) is 142 Å². The molecule has 0 radical (unpaired) electrons. The number of halogens is 3. The van der Waals surface area contributed by atoms with Gasteiger partial charge in [0.1, 0.15) is 15.8 Å². The molecule has 7 nitrogen and oxygen atoms in total. The molecule has 1 heterocycles. The molecule has 220 valence electrons. The van der Waals surface area contributed by atoms with Gasteiger partial charge in [-0.2, -0.15) is 0 Å². The second-order valence-electron chi connectivity index (χ2n) is 11.2. The molecule has 2 bridgehead atoms. The molecule has 4 aromatic rings. The summed E-state index contributed by atoms with van der Waals surface area (Å²) in [5, 5.41) is 0.452. The predicted octanol–water partition coefficient (Wildman–Crippen LogP) is 5.31. The van der Waals surface area contributed by atoms with E-state index >= 15 is 0 Å². The highest BCUT2D eigenvalue weighted by molar-refractivity contribution is 6.36. The third-order valence-electron chi connectivity index (χ3n) is 8.91. The zero-order valence-electron chi connectivity index (χ0n) is 23.0. The van der Waals surface area contributed by atoms with E-state index in [9.17, 15) is 19.2 Å². The summed E-state index contributed by atoms with van der Waals surface area (Å²) in [5.41, 5.74) is 8.45. The van der Waals surface area contributed by atoms with Crippen LogP contribution in [0.5, 0.6) is 0 Å². The van der Waals surface area contributed by atoms with E-state index in [2.05, 4.69) is 10.9 Å². The maximum Gasteiger partial charge on any atom is 0.269 e. The van der Waals surface area contributed by atoms with E-state index in [-0.39, 0.29) is 12.0 Å². The third-order valence-corrected chi connectivity index (χ3v) is 10.4. The lowest BCUT2D eigenvalue weighted by molar-refractivity contribution is -0.148. The monoisotopic (exact) mass is 643 g/mol. The first-order valence-corrected chi connectivity index (χ1v) is 15.1. The van der Waals surface area contributed by atoms with E-state index in [1.807, 2.05) is 54.6 Å². The Balaban J connectivity index is 1.28. The summed E-state index contributed by atoms with van der Waals surface area (Å²) in [6.45, 7) is 0. The van der Waals surface area contributed by atoms with Gasteiger partial charge in [0.05, 0.1) is 11.8 Å². The Bertz CT molecular complexity index is 1720. The van der Waals surface area contributed by atoms with Gasteiger partial charge in [-0.05, 0) is 52.1 Å². The summed E-state index contributed by atoms with van der Waals surface area (Å²) in [5.74, 6) is -4.65. The van der Waals surface area contributed by atoms with Gasteiger partial charge in [0, 0.05) is 17.0 Å². The number of imide groups is 1. The van der Waals surface area contributed by atoms with Crippen molar-refractivity contribution in [2.24, 2.45) is 11.8 Å². The van der Waals surface area contributed by atoms with Crippen LogP contribution in [0.3, 0.4) is 0 Å². The Morgan fingerprint density at radius 1 is 0.682 bits per heavy atom. The number of amides is 4. The number of hydrogen-bond acceptors (Lipinski definition) is 4. The molecule has 0 aromatic heterocycles. The van der Waals surface area contributed by atoms with Gasteiger partial charge in [0.15, 0.2) is 0 Å². The van der Waals surface area contributed by atoms with E-state index in [1.165, 1.54) is 12.1 Å². The van der Waals surface area contributed by atoms with Crippen molar-refractivity contribution < 1.29 is 19.2 Å². The van der Waals surface area contributed by atoms with Crippen LogP contribution >= 0.6 is 34.8 Å². The minimum Gasteiger partial charge on any atom is -0.274 e. The van der Waals surface area contributed by atoms with Crippen LogP contribution in [0.4, 0.5) is 0 Å². The van der Waals surface area contributed by atoms with Crippen molar-refractivity contribution in [3.63, 3.8) is 0 Å². The molecule has 4 amide bonds. The maximum atomic E-state index is 14.5. The molecule has 0 spiro atoms. The lowest BCUT2D eigenvalue weighted by Gasteiger charge is -2.54. The molecule has 4 aliphatic rings. The van der Waals surface area contributed by atoms with E-state index in [4.69, 9.17) is 34.8 Å². The average Bonchev–Trinajstić information content (AvgIpc) is 3.32. The SMILES string of the molecule is O=C(NNC(=O)[C@H](Cc1ccccc1)N1C(=O)[C@@H]2[C@H](C1=O)C1(Cl)c3ccccc3C2(Cl)c2ccccc21)c1ccc(Cl)cc1. The fourth-order valence-corrected chi connectivity index (χ4v) is 8.23. The predicted molar refractivity (Wildman–Crippen MR) is 166 cm³/mol. The summed E-state index contributed by atoms with van der Waals surface area (Å²) in [6, 6.07) is 28.5. The zero-order valence-corrected chi connectivity index (χ0v) is 25.2. The number of carbonyl (C=O) groups is 4. The van der Waals surface area contributed by atoms with Crippen LogP contribution in [0.2, 0.25) is 5.02 Å². The van der Waals surface area contributed by atoms with Gasteiger partial charge in [-0.3, -0.25) is 34.9 Å². The summed E-state index contributed by atoms with van der Waals surface area (Å²) < 4.78 is 0. The molecule has 1 aliphatic heterocycles. The zero-order chi connectivity index (χ0) is 30.8. The third kappa shape index (κ3) is 4.03. The van der Waals surface area contributed by atoms with Crippen molar-refractivity contribution in [1.82, 2.24) is 15.8 Å². The number of hydrazine groups is 1. The van der Waals surface area contributed by atoms with Crippen molar-refractivity contribution in [3.8, 4) is 0 Å². The molecule has 3 aliphatic carbocycles. The molecule has 1 fully saturated rings. The van der Waals surface area contributed by atoms with Gasteiger partial charge in [-0.1, -0.05) is 90.5 Å². The van der Waals surface area contributed by atoms with Crippen molar-refractivity contribution in [2.75, 3.05) is 0 Å². The van der Waals surface area contributed by atoms with Crippen molar-refractivity contribution in [1.29, 1.82) is 0 Å². The van der Waals surface area contributed by atoms with Crippen LogP contribution in [0.15, 0.2) is 103 Å². The number of rotatable bonds is 5. The first kappa shape index (κ1) is 28.6. The Kier molecular flexibility index (Phi) is 6.81. The highest BCUT2D eigenvalue weighted by Gasteiger charge is 2.73. The second-order valence-corrected chi connectivity index (χ2v) is 12.8. The van der Waals surface area contributed by atoms with Gasteiger partial charge >= 0.3 is 0 Å². The number of alkyl halides is 2. The smallest absolute Gasteiger partial charge is 0.269 e. The van der Waals surface area contributed by atoms with Gasteiger partial charge in [-0.25, -0.2) is 0 Å². The van der Waals surface area contributed by atoms with Gasteiger partial charge in [0.25, 0.3) is 11.8 Å². The molecule has 1 saturated heterocycles. The fraction of sp³-hybridized carbons (Fsp3) is 0.176. The molecular formula is C34H24Cl3N3O4. The maximum absolute atomic E-state index is 14.5. The van der Waals surface area contributed by atoms with E-state index < -0.39 is 51.3 Å². The van der Waals surface area contributed by atoms with Crippen molar-refractivity contribution >= 4 is 58.4 Å². The molecule has 2 N–H and O–H groups in total. The van der Waals surface area contributed by atoms with Gasteiger partial charge in [0.2, 0.25) is 11.8 Å². The number of likely N-dealkylation sites (tertiary alicyclic amines) is 1. The fourth-order valence-electron chi connectivity index (χ4n) is 7.01. The minimum atomic E-state index is -1.38. The summed E-state index contributed by atoms with van der Waals surface area (Å²) in [7, 11) is 0. The molecular weight excluding hydrogens is 621 g/mol. The Morgan fingerprint density at radius 3 is 1.61 bits per heavy atom. The molecule has 0 saturated carbocycles. The minimum absolute atomic E-state index is 0.00484. The Hall–Kier alpha value is -4.17. The average molecular weight is 645 g/mol. The number of carbonyl (C=O) groups excluding carboxylic acids is 4. The Labute approximate surface area is 268 Å². The molecule has 8 rings (SSSR count). The number of nitrogens with one attached hydrogen (secondary N) is 2. The number of benzene rings is 4. The summed E-state index contributed by atoms with van der Waals surface area (Å²) >= 11 is 21.0. The summed E-state index contributed by atoms with van der Waals surface area (Å²) in [4.78, 5) is 53.9. The topological polar surface area (TPSA) is 95.6 Å². The molecule has 44 heavy (non-hydrogen) atoms. The van der Waals surface area contributed by atoms with Crippen LogP contribution < -0.4 is 10.9 Å². The van der Waals surface area contributed by atoms with Crippen LogP contribution in [0.25, 0.3) is 0 Å². The molecule has 10 heteroatoms. The first-order chi connectivity index (χ1) is 21.2. The van der Waals surface area contributed by atoms with Crippen LogP contribution in [0.1, 0.15) is 38.2 Å². The molecule has 4 aromatic carbocycles. The number of nitrogens with zero attached hydrogens (tertiary/aromatic N) is 1. The highest BCUT2D eigenvalue weighted by atomic mass is 35.5. The lowest BCUT2D eigenvalue weighted by Crippen LogP contribution is -2.57. The number of hydrogen-bond donors (Lipinski definition) is 2. The van der Waals surface area contributed by atoms with E-state index in [0.717, 1.165) is 4.90 Å². The largest absolute Gasteiger partial charge is 0.274 e. The van der Waals surface area contributed by atoms with Crippen molar-refractivity contribution in [2.45, 2.75) is 22.2 Å². The molecule has 3 atom stereocenters. The van der Waals surface area contributed by atoms with Crippen LogP contribution in [-0.4, -0.2) is 34.6 Å². The van der Waals surface area contributed by atoms with Gasteiger partial charge in [-0.15, -0.1) is 23.2 Å². The van der Waals surface area contributed by atoms with Crippen LogP contribution in [-0.2, 0) is 30.6 Å². The summed E-state index contributed by atoms with van der Waals surface area (Å²) in [6.07, 6.45) is 0.00484. The van der Waals surface area contributed by atoms with Gasteiger partial charge < -0.3 is 0 Å². The normalized spacial score (nSPS) is 25.1. The van der Waals surface area contributed by atoms with Crippen LogP contribution in [0, 0.1) is 11.8 Å². The first-order valence-electron chi connectivity index (χ1n) is 14.0. The standard InChI is InChI=1S/C34H24Cl3N3O4/c35-21-16-14-20(15-17-21)29(41)38-39-30(42)26(18-19-8-2-1-3-9-19)40-31(43)27-28(32(40)44)34(37)23-11-5-4-10-22(23)33(27,36)24-12-6-7-13-25(24)34/h1-17,26-28H,18H2,(H,38,41)(H,39,42)/t26-,27-,28+,33?,34?/m0/s1. The van der Waals surface area contributed by atoms with E-state index in [1.54, 1.807) is 36.4 Å². The lowest BCUT2D eigenvalue weighted by atomic mass is 9.54. The second kappa shape index (κ2) is 10.5. The highest BCUT2D eigenvalue weighted by Crippen LogP contribution is 2.69.